The molecule has 0 aliphatic carbocycles. The molecule has 2 aliphatic heterocycles. The van der Waals surface area contributed by atoms with Crippen LogP contribution in [0.1, 0.15) is 56.2 Å². The molecule has 12 heteroatoms. The number of carboxylic acid groups (broad SMARTS) is 1. The highest BCUT2D eigenvalue weighted by Gasteiger charge is 2.34. The summed E-state index contributed by atoms with van der Waals surface area (Å²) in [5.74, 6) is -1.39. The van der Waals surface area contributed by atoms with E-state index in [1.54, 1.807) is 26.8 Å². The predicted octanol–water partition coefficient (Wildman–Crippen LogP) is 2.89. The van der Waals surface area contributed by atoms with Crippen LogP contribution in [0.25, 0.3) is 6.08 Å². The normalized spacial score (nSPS) is 18.9. The number of aliphatic carboxylic acids is 1. The number of pyridine rings is 1. The lowest BCUT2D eigenvalue weighted by atomic mass is 9.96. The molecule has 0 aromatic carbocycles. The molecule has 1 N–H and O–H groups in total. The molecule has 2 saturated heterocycles. The van der Waals surface area contributed by atoms with Crippen molar-refractivity contribution in [2.45, 2.75) is 53.0 Å². The van der Waals surface area contributed by atoms with E-state index in [2.05, 4.69) is 0 Å². The summed E-state index contributed by atoms with van der Waals surface area (Å²) in [6.45, 7) is 6.94. The molecule has 0 radical (unpaired) electrons. The standard InChI is InChI=1S/C25H30N4O6S2/c1-4-28-21(27-10-6-8-16(14-27)24(34)35-5-2)17(15(3)18(13-26)22(28)32)12-19-23(33)29(25(36)37-19)11-7-9-20(30)31/h12,16H,4-11,14H2,1-3H3,(H,30,31). The number of amides is 1. The Labute approximate surface area is 224 Å². The molecule has 37 heavy (non-hydrogen) atoms. The quantitative estimate of drug-likeness (QED) is 0.280. The van der Waals surface area contributed by atoms with Gasteiger partial charge in [0.2, 0.25) is 0 Å². The number of aromatic nitrogens is 1. The maximum absolute atomic E-state index is 13.2. The number of carboxylic acids is 1. The summed E-state index contributed by atoms with van der Waals surface area (Å²) in [6.07, 6.45) is 3.23. The molecule has 3 rings (SSSR count). The molecule has 198 valence electrons. The van der Waals surface area contributed by atoms with E-state index in [9.17, 15) is 24.4 Å². The van der Waals surface area contributed by atoms with E-state index in [-0.39, 0.29) is 49.4 Å². The molecular weight excluding hydrogens is 516 g/mol. The van der Waals surface area contributed by atoms with Gasteiger partial charge in [-0.2, -0.15) is 5.26 Å². The average molecular weight is 547 g/mol. The first-order chi connectivity index (χ1) is 17.6. The molecule has 0 bridgehead atoms. The second-order valence-corrected chi connectivity index (χ2v) is 10.4. The maximum atomic E-state index is 13.2. The van der Waals surface area contributed by atoms with E-state index < -0.39 is 11.5 Å². The molecule has 2 fully saturated rings. The summed E-state index contributed by atoms with van der Waals surface area (Å²) in [6, 6.07) is 2.01. The van der Waals surface area contributed by atoms with Crippen molar-refractivity contribution in [2.24, 2.45) is 5.92 Å². The molecule has 10 nitrogen and oxygen atoms in total. The Morgan fingerprint density at radius 1 is 1.32 bits per heavy atom. The van der Waals surface area contributed by atoms with Gasteiger partial charge < -0.3 is 14.7 Å². The first-order valence-corrected chi connectivity index (χ1v) is 13.4. The summed E-state index contributed by atoms with van der Waals surface area (Å²) in [7, 11) is 0. The van der Waals surface area contributed by atoms with Crippen molar-refractivity contribution in [2.75, 3.05) is 31.1 Å². The third-order valence-electron chi connectivity index (χ3n) is 6.42. The minimum Gasteiger partial charge on any atom is -0.481 e. The lowest BCUT2D eigenvalue weighted by Gasteiger charge is -2.36. The number of rotatable bonds is 9. The molecule has 1 atom stereocenters. The third-order valence-corrected chi connectivity index (χ3v) is 7.80. The van der Waals surface area contributed by atoms with Crippen LogP contribution in [0.5, 0.6) is 0 Å². The molecule has 1 aromatic rings. The van der Waals surface area contributed by atoms with E-state index in [4.69, 9.17) is 22.1 Å². The number of nitriles is 1. The van der Waals surface area contributed by atoms with Gasteiger partial charge in [-0.05, 0) is 51.7 Å². The molecule has 1 aromatic heterocycles. The number of carbonyl (C=O) groups excluding carboxylic acids is 2. The van der Waals surface area contributed by atoms with Crippen molar-refractivity contribution in [3.8, 4) is 6.07 Å². The van der Waals surface area contributed by atoms with Gasteiger partial charge in [0, 0.05) is 38.2 Å². The number of ether oxygens (including phenoxy) is 1. The smallest absolute Gasteiger partial charge is 0.310 e. The van der Waals surface area contributed by atoms with Crippen molar-refractivity contribution in [1.29, 1.82) is 5.26 Å². The van der Waals surface area contributed by atoms with Crippen LogP contribution in [0.3, 0.4) is 0 Å². The summed E-state index contributed by atoms with van der Waals surface area (Å²) >= 11 is 6.48. The van der Waals surface area contributed by atoms with Crippen LogP contribution in [-0.4, -0.2) is 63.0 Å². The van der Waals surface area contributed by atoms with Gasteiger partial charge in [-0.1, -0.05) is 24.0 Å². The van der Waals surface area contributed by atoms with Gasteiger partial charge in [-0.3, -0.25) is 28.6 Å². The summed E-state index contributed by atoms with van der Waals surface area (Å²) in [5, 5.41) is 18.7. The highest BCUT2D eigenvalue weighted by Crippen LogP contribution is 2.37. The number of hydrogen-bond acceptors (Lipinski definition) is 9. The Morgan fingerprint density at radius 2 is 2.05 bits per heavy atom. The van der Waals surface area contributed by atoms with Crippen LogP contribution in [-0.2, 0) is 25.7 Å². The number of carbonyl (C=O) groups is 3. The van der Waals surface area contributed by atoms with Gasteiger partial charge in [-0.15, -0.1) is 0 Å². The van der Waals surface area contributed by atoms with Crippen LogP contribution in [0, 0.1) is 24.2 Å². The number of thioether (sulfide) groups is 1. The van der Waals surface area contributed by atoms with Crippen molar-refractivity contribution in [3.05, 3.63) is 31.9 Å². The van der Waals surface area contributed by atoms with Crippen LogP contribution >= 0.6 is 24.0 Å². The third kappa shape index (κ3) is 6.05. The average Bonchev–Trinajstić information content (AvgIpc) is 3.13. The highest BCUT2D eigenvalue weighted by molar-refractivity contribution is 8.26. The zero-order chi connectivity index (χ0) is 27.3. The Bertz CT molecular complexity index is 1250. The van der Waals surface area contributed by atoms with E-state index in [0.717, 1.165) is 11.8 Å². The summed E-state index contributed by atoms with van der Waals surface area (Å²) < 4.78 is 7.07. The zero-order valence-electron chi connectivity index (χ0n) is 21.1. The summed E-state index contributed by atoms with van der Waals surface area (Å²) in [5.41, 5.74) is 0.567. The highest BCUT2D eigenvalue weighted by atomic mass is 32.2. The molecule has 0 spiro atoms. The zero-order valence-corrected chi connectivity index (χ0v) is 22.7. The SMILES string of the molecule is CCOC(=O)C1CCCN(c2c(C=C3SC(=S)N(CCCC(=O)O)C3=O)c(C)c(C#N)c(=O)n2CC)C1. The number of piperidine rings is 1. The number of thiocarbonyl (C=S) groups is 1. The molecule has 2 aliphatic rings. The Kier molecular flexibility index (Phi) is 9.50. The minimum absolute atomic E-state index is 0.00672. The van der Waals surface area contributed by atoms with Gasteiger partial charge in [-0.25, -0.2) is 0 Å². The van der Waals surface area contributed by atoms with Crippen molar-refractivity contribution < 1.29 is 24.2 Å². The molecular formula is C25H30N4O6S2. The predicted molar refractivity (Wildman–Crippen MR) is 144 cm³/mol. The van der Waals surface area contributed by atoms with Crippen LogP contribution in [0.4, 0.5) is 5.82 Å². The molecule has 3 heterocycles. The Morgan fingerprint density at radius 3 is 2.68 bits per heavy atom. The second-order valence-electron chi connectivity index (χ2n) is 8.77. The van der Waals surface area contributed by atoms with Gasteiger partial charge in [0.05, 0.1) is 17.4 Å². The van der Waals surface area contributed by atoms with Crippen LogP contribution < -0.4 is 10.5 Å². The Hall–Kier alpha value is -3.17. The van der Waals surface area contributed by atoms with Crippen LogP contribution in [0.2, 0.25) is 0 Å². The number of nitrogens with zero attached hydrogens (tertiary/aromatic N) is 4. The minimum atomic E-state index is -0.949. The molecule has 1 unspecified atom stereocenters. The maximum Gasteiger partial charge on any atom is 0.310 e. The number of anilines is 1. The van der Waals surface area contributed by atoms with Gasteiger partial charge >= 0.3 is 11.9 Å². The summed E-state index contributed by atoms with van der Waals surface area (Å²) in [4.78, 5) is 53.4. The second kappa shape index (κ2) is 12.4. The van der Waals surface area contributed by atoms with Crippen molar-refractivity contribution in [1.82, 2.24) is 9.47 Å². The van der Waals surface area contributed by atoms with Crippen molar-refractivity contribution >= 4 is 58.0 Å². The molecule has 1 amide bonds. The fourth-order valence-electron chi connectivity index (χ4n) is 4.61. The number of hydrogen-bond donors (Lipinski definition) is 1. The van der Waals surface area contributed by atoms with E-state index in [1.807, 2.05) is 11.0 Å². The number of esters is 1. The van der Waals surface area contributed by atoms with E-state index >= 15 is 0 Å². The monoisotopic (exact) mass is 546 g/mol. The topological polar surface area (TPSA) is 133 Å². The van der Waals surface area contributed by atoms with E-state index in [0.29, 0.717) is 58.6 Å². The fourth-order valence-corrected chi connectivity index (χ4v) is 5.90. The lowest BCUT2D eigenvalue weighted by molar-refractivity contribution is -0.148. The van der Waals surface area contributed by atoms with E-state index in [1.165, 1.54) is 9.47 Å². The van der Waals surface area contributed by atoms with Gasteiger partial charge in [0.25, 0.3) is 11.5 Å². The fraction of sp³-hybridized carbons (Fsp3) is 0.520. The van der Waals surface area contributed by atoms with Crippen LogP contribution in [0.15, 0.2) is 9.70 Å². The lowest BCUT2D eigenvalue weighted by Crippen LogP contribution is -2.43. The van der Waals surface area contributed by atoms with Crippen molar-refractivity contribution in [3.63, 3.8) is 0 Å². The van der Waals surface area contributed by atoms with Gasteiger partial charge in [0.1, 0.15) is 21.8 Å². The van der Waals surface area contributed by atoms with Gasteiger partial charge in [0.15, 0.2) is 0 Å². The first kappa shape index (κ1) is 28.4. The first-order valence-electron chi connectivity index (χ1n) is 12.2. The molecule has 0 saturated carbocycles. The largest absolute Gasteiger partial charge is 0.481 e. The Balaban J connectivity index is 2.09.